The minimum absolute atomic E-state index is 0.0804. The Morgan fingerprint density at radius 1 is 1.16 bits per heavy atom. The van der Waals surface area contributed by atoms with Crippen LogP contribution < -0.4 is 10.1 Å². The summed E-state index contributed by atoms with van der Waals surface area (Å²) >= 11 is 5.59. The number of aryl methyl sites for hydroxylation is 1. The number of fused-ring (bicyclic) bond motifs is 1. The van der Waals surface area contributed by atoms with Gasteiger partial charge in [-0.3, -0.25) is 14.6 Å². The lowest BCUT2D eigenvalue weighted by Crippen LogP contribution is -2.35. The van der Waals surface area contributed by atoms with Crippen molar-refractivity contribution >= 4 is 40.0 Å². The Morgan fingerprint density at radius 2 is 1.88 bits per heavy atom. The molecular formula is C22H19ClF3N3O3. The van der Waals surface area contributed by atoms with Gasteiger partial charge in [-0.1, -0.05) is 11.6 Å². The predicted molar refractivity (Wildman–Crippen MR) is 115 cm³/mol. The molecule has 0 aliphatic heterocycles. The number of alkyl halides is 3. The number of likely N-dealkylation sites (N-methyl/N-ethyl adjacent to an activating group) is 1. The van der Waals surface area contributed by atoms with E-state index in [9.17, 15) is 22.8 Å². The summed E-state index contributed by atoms with van der Waals surface area (Å²) in [7, 11) is 2.94. The number of rotatable bonds is 5. The Bertz CT molecular complexity index is 1200. The Kier molecular flexibility index (Phi) is 6.59. The average Bonchev–Trinajstić information content (AvgIpc) is 2.72. The fraction of sp³-hybridized carbons (Fsp3) is 0.227. The fourth-order valence-corrected chi connectivity index (χ4v) is 3.33. The van der Waals surface area contributed by atoms with Gasteiger partial charge in [0.2, 0.25) is 5.91 Å². The number of carbonyl (C=O) groups excluding carboxylic acids is 2. The Balaban J connectivity index is 1.76. The number of carbonyl (C=O) groups is 2. The summed E-state index contributed by atoms with van der Waals surface area (Å²) < 4.78 is 44.2. The normalized spacial score (nSPS) is 11.3. The maximum Gasteiger partial charge on any atom is 0.417 e. The minimum atomic E-state index is -4.66. The molecule has 0 fully saturated rings. The number of nitrogens with one attached hydrogen (secondary N) is 1. The molecule has 3 rings (SSSR count). The van der Waals surface area contributed by atoms with E-state index >= 15 is 0 Å². The molecular weight excluding hydrogens is 447 g/mol. The molecule has 6 nitrogen and oxygen atoms in total. The number of aromatic nitrogens is 1. The first kappa shape index (κ1) is 23.3. The molecule has 32 heavy (non-hydrogen) atoms. The van der Waals surface area contributed by atoms with Crippen molar-refractivity contribution in [1.29, 1.82) is 0 Å². The number of benzene rings is 2. The van der Waals surface area contributed by atoms with E-state index in [1.54, 1.807) is 31.2 Å². The van der Waals surface area contributed by atoms with Crippen molar-refractivity contribution in [1.82, 2.24) is 9.88 Å². The number of nitrogens with zero attached hydrogens (tertiary/aromatic N) is 2. The van der Waals surface area contributed by atoms with Gasteiger partial charge in [0.05, 0.1) is 41.0 Å². The second kappa shape index (κ2) is 9.04. The van der Waals surface area contributed by atoms with Crippen LogP contribution in [0.15, 0.2) is 42.5 Å². The lowest BCUT2D eigenvalue weighted by Gasteiger charge is -2.18. The molecule has 0 atom stereocenters. The molecule has 0 spiro atoms. The van der Waals surface area contributed by atoms with Crippen LogP contribution in [0.2, 0.25) is 5.02 Å². The number of anilines is 1. The standard InChI is InChI=1S/C22H19ClF3N3O3/c1-12-16(9-13-8-15(32-3)5-7-19(13)27-12)21(31)29(2)11-20(30)28-14-4-6-18(23)17(10-14)22(24,25)26/h4-10H,11H2,1-3H3,(H,28,30). The second-order valence-electron chi connectivity index (χ2n) is 7.08. The number of ether oxygens (including phenoxy) is 1. The predicted octanol–water partition coefficient (Wildman–Crippen LogP) is 4.93. The van der Waals surface area contributed by atoms with Crippen molar-refractivity contribution in [2.24, 2.45) is 0 Å². The first-order chi connectivity index (χ1) is 15.0. The van der Waals surface area contributed by atoms with E-state index in [0.29, 0.717) is 27.9 Å². The van der Waals surface area contributed by atoms with Crippen molar-refractivity contribution in [3.8, 4) is 5.75 Å². The quantitative estimate of drug-likeness (QED) is 0.579. The van der Waals surface area contributed by atoms with E-state index in [1.165, 1.54) is 20.2 Å². The van der Waals surface area contributed by atoms with Crippen molar-refractivity contribution in [2.45, 2.75) is 13.1 Å². The molecule has 0 saturated carbocycles. The van der Waals surface area contributed by atoms with Gasteiger partial charge < -0.3 is 15.0 Å². The fourth-order valence-electron chi connectivity index (χ4n) is 3.11. The van der Waals surface area contributed by atoms with E-state index in [4.69, 9.17) is 16.3 Å². The van der Waals surface area contributed by atoms with E-state index in [2.05, 4.69) is 10.3 Å². The van der Waals surface area contributed by atoms with Crippen molar-refractivity contribution in [3.63, 3.8) is 0 Å². The van der Waals surface area contributed by atoms with Crippen molar-refractivity contribution in [3.05, 3.63) is 64.3 Å². The van der Waals surface area contributed by atoms with Gasteiger partial charge in [-0.25, -0.2) is 0 Å². The molecule has 0 unspecified atom stereocenters. The molecule has 168 valence electrons. The maximum atomic E-state index is 13.0. The summed E-state index contributed by atoms with van der Waals surface area (Å²) in [6.07, 6.45) is -4.66. The molecule has 0 saturated heterocycles. The van der Waals surface area contributed by atoms with Crippen LogP contribution in [-0.2, 0) is 11.0 Å². The minimum Gasteiger partial charge on any atom is -0.497 e. The van der Waals surface area contributed by atoms with Crippen LogP contribution >= 0.6 is 11.6 Å². The lowest BCUT2D eigenvalue weighted by molar-refractivity contribution is -0.137. The van der Waals surface area contributed by atoms with Gasteiger partial charge in [0.15, 0.2) is 0 Å². The summed E-state index contributed by atoms with van der Waals surface area (Å²) in [6, 6.07) is 9.97. The summed E-state index contributed by atoms with van der Waals surface area (Å²) in [4.78, 5) is 30.8. The number of halogens is 4. The molecule has 10 heteroatoms. The highest BCUT2D eigenvalue weighted by atomic mass is 35.5. The number of hydrogen-bond acceptors (Lipinski definition) is 4. The van der Waals surface area contributed by atoms with Gasteiger partial charge in [-0.15, -0.1) is 0 Å². The molecule has 2 amide bonds. The van der Waals surface area contributed by atoms with Crippen LogP contribution in [0.25, 0.3) is 10.9 Å². The molecule has 2 aromatic carbocycles. The largest absolute Gasteiger partial charge is 0.497 e. The smallest absolute Gasteiger partial charge is 0.417 e. The van der Waals surface area contributed by atoms with Crippen LogP contribution in [-0.4, -0.2) is 42.4 Å². The highest BCUT2D eigenvalue weighted by molar-refractivity contribution is 6.31. The molecule has 0 radical (unpaired) electrons. The van der Waals surface area contributed by atoms with Crippen LogP contribution in [0.1, 0.15) is 21.6 Å². The third kappa shape index (κ3) is 5.11. The van der Waals surface area contributed by atoms with Gasteiger partial charge in [0.1, 0.15) is 5.75 Å². The molecule has 0 bridgehead atoms. The van der Waals surface area contributed by atoms with Gasteiger partial charge in [-0.05, 0) is 49.4 Å². The number of hydrogen-bond donors (Lipinski definition) is 1. The summed E-state index contributed by atoms with van der Waals surface area (Å²) in [5.74, 6) is -0.512. The first-order valence-electron chi connectivity index (χ1n) is 9.37. The monoisotopic (exact) mass is 465 g/mol. The Labute approximate surface area is 186 Å². The van der Waals surface area contributed by atoms with Gasteiger partial charge in [0, 0.05) is 18.1 Å². The Morgan fingerprint density at radius 3 is 2.53 bits per heavy atom. The SMILES string of the molecule is COc1ccc2nc(C)c(C(=O)N(C)CC(=O)Nc3ccc(Cl)c(C(F)(F)F)c3)cc2c1. The maximum absolute atomic E-state index is 13.0. The van der Waals surface area contributed by atoms with E-state index in [-0.39, 0.29) is 12.2 Å². The highest BCUT2D eigenvalue weighted by Gasteiger charge is 2.33. The number of methoxy groups -OCH3 is 1. The molecule has 3 aromatic rings. The van der Waals surface area contributed by atoms with E-state index in [1.807, 2.05) is 0 Å². The van der Waals surface area contributed by atoms with Gasteiger partial charge >= 0.3 is 6.18 Å². The van der Waals surface area contributed by atoms with E-state index < -0.39 is 28.6 Å². The van der Waals surface area contributed by atoms with Crippen molar-refractivity contribution in [2.75, 3.05) is 26.0 Å². The van der Waals surface area contributed by atoms with Gasteiger partial charge in [0.25, 0.3) is 5.91 Å². The summed E-state index contributed by atoms with van der Waals surface area (Å²) in [5.41, 5.74) is 0.320. The zero-order valence-electron chi connectivity index (χ0n) is 17.4. The van der Waals surface area contributed by atoms with Crippen LogP contribution in [0.4, 0.5) is 18.9 Å². The molecule has 1 heterocycles. The highest BCUT2D eigenvalue weighted by Crippen LogP contribution is 2.36. The third-order valence-corrected chi connectivity index (χ3v) is 5.06. The summed E-state index contributed by atoms with van der Waals surface area (Å²) in [6.45, 7) is 1.30. The average molecular weight is 466 g/mol. The zero-order valence-corrected chi connectivity index (χ0v) is 18.1. The first-order valence-corrected chi connectivity index (χ1v) is 9.75. The molecule has 0 aliphatic rings. The number of pyridine rings is 1. The van der Waals surface area contributed by atoms with Crippen LogP contribution in [0.3, 0.4) is 0 Å². The molecule has 0 aliphatic carbocycles. The second-order valence-corrected chi connectivity index (χ2v) is 7.49. The van der Waals surface area contributed by atoms with Crippen LogP contribution in [0.5, 0.6) is 5.75 Å². The van der Waals surface area contributed by atoms with Crippen LogP contribution in [0, 0.1) is 6.92 Å². The lowest BCUT2D eigenvalue weighted by atomic mass is 10.1. The summed E-state index contributed by atoms with van der Waals surface area (Å²) in [5, 5.41) is 2.57. The molecule has 1 N–H and O–H groups in total. The number of amides is 2. The van der Waals surface area contributed by atoms with E-state index in [0.717, 1.165) is 17.0 Å². The Hall–Kier alpha value is -3.33. The zero-order chi connectivity index (χ0) is 23.6. The van der Waals surface area contributed by atoms with Crippen molar-refractivity contribution < 1.29 is 27.5 Å². The topological polar surface area (TPSA) is 71.5 Å². The third-order valence-electron chi connectivity index (χ3n) is 4.73. The molecule has 1 aromatic heterocycles. The van der Waals surface area contributed by atoms with Gasteiger partial charge in [-0.2, -0.15) is 13.2 Å².